The number of phosphoric ester groups is 1. The van der Waals surface area contributed by atoms with Crippen molar-refractivity contribution in [2.45, 2.75) is 174 Å². The van der Waals surface area contributed by atoms with Gasteiger partial charge in [0.2, 0.25) is 5.91 Å². The van der Waals surface area contributed by atoms with E-state index in [0.717, 1.165) is 116 Å². The Balaban J connectivity index is 4.26. The summed E-state index contributed by atoms with van der Waals surface area (Å²) in [5.74, 6) is -0.236. The smallest absolute Gasteiger partial charge is 0.268 e. The van der Waals surface area contributed by atoms with E-state index in [2.05, 4.69) is 141 Å². The normalized spacial score (nSPS) is 15.2. The van der Waals surface area contributed by atoms with E-state index in [0.29, 0.717) is 17.4 Å². The van der Waals surface area contributed by atoms with Crippen LogP contribution in [0.4, 0.5) is 0 Å². The van der Waals surface area contributed by atoms with Gasteiger partial charge >= 0.3 is 0 Å². The summed E-state index contributed by atoms with van der Waals surface area (Å²) in [6, 6.07) is -0.922. The second-order valence-electron chi connectivity index (χ2n) is 17.4. The minimum atomic E-state index is -4.61. The van der Waals surface area contributed by atoms with Crippen LogP contribution in [0, 0.1) is 0 Å². The number of carbonyl (C=O) groups is 1. The van der Waals surface area contributed by atoms with Crippen molar-refractivity contribution in [2.24, 2.45) is 0 Å². The molecule has 0 saturated carbocycles. The molecule has 3 unspecified atom stereocenters. The van der Waals surface area contributed by atoms with Crippen molar-refractivity contribution in [1.29, 1.82) is 0 Å². The zero-order chi connectivity index (χ0) is 47.8. The number of nitrogens with zero attached hydrogens (tertiary/aromatic N) is 1. The second kappa shape index (κ2) is 45.8. The molecule has 0 aliphatic rings. The molecule has 9 heteroatoms. The Hall–Kier alpha value is -3.36. The third-order valence-corrected chi connectivity index (χ3v) is 11.1. The maximum atomic E-state index is 12.9. The largest absolute Gasteiger partial charge is 0.756 e. The number of hydrogen-bond donors (Lipinski definition) is 2. The fourth-order valence-electron chi connectivity index (χ4n) is 6.16. The first kappa shape index (κ1) is 61.6. The zero-order valence-electron chi connectivity index (χ0n) is 41.6. The van der Waals surface area contributed by atoms with E-state index in [4.69, 9.17) is 9.05 Å². The quantitative estimate of drug-likeness (QED) is 0.0273. The lowest BCUT2D eigenvalue weighted by atomic mass is 10.1. The highest BCUT2D eigenvalue weighted by atomic mass is 31.2. The number of rotatable bonds is 43. The van der Waals surface area contributed by atoms with E-state index in [1.54, 1.807) is 6.08 Å². The fourth-order valence-corrected chi connectivity index (χ4v) is 6.88. The van der Waals surface area contributed by atoms with Gasteiger partial charge < -0.3 is 28.8 Å². The van der Waals surface area contributed by atoms with Crippen LogP contribution in [0.2, 0.25) is 0 Å². The molecule has 0 aromatic heterocycles. The van der Waals surface area contributed by atoms with E-state index in [9.17, 15) is 19.4 Å². The molecular weight excluding hydrogens is 828 g/mol. The first-order valence-electron chi connectivity index (χ1n) is 25.0. The maximum Gasteiger partial charge on any atom is 0.268 e. The number of unbranched alkanes of at least 4 members (excludes halogenated alkanes) is 10. The number of amides is 1. The summed E-state index contributed by atoms with van der Waals surface area (Å²) in [4.78, 5) is 25.3. The van der Waals surface area contributed by atoms with Gasteiger partial charge in [-0.05, 0) is 103 Å². The van der Waals surface area contributed by atoms with Crippen molar-refractivity contribution in [3.63, 3.8) is 0 Å². The Morgan fingerprint density at radius 3 is 1.43 bits per heavy atom. The first-order valence-corrected chi connectivity index (χ1v) is 26.5. The SMILES string of the molecule is CC/C=C\C/C=C\C/C=C\C/C=C\C/C=C\C/C=C\C/C=C\C/C=C\C/C=C\CCCCCCCC(=O)NC(COP(=O)([O-])OCC[N+](C)(C)C)C(O)/C=C/CC/C=C/CCCCCC. The van der Waals surface area contributed by atoms with Crippen LogP contribution in [-0.2, 0) is 18.4 Å². The number of quaternary nitrogens is 1. The minimum absolute atomic E-state index is 0.0186. The molecule has 0 rings (SSSR count). The summed E-state index contributed by atoms with van der Waals surface area (Å²) >= 11 is 0. The second-order valence-corrected chi connectivity index (χ2v) is 18.8. The van der Waals surface area contributed by atoms with Gasteiger partial charge in [0.1, 0.15) is 13.2 Å². The van der Waals surface area contributed by atoms with Gasteiger partial charge in [-0.3, -0.25) is 9.36 Å². The van der Waals surface area contributed by atoms with E-state index >= 15 is 0 Å². The lowest BCUT2D eigenvalue weighted by Crippen LogP contribution is -2.45. The maximum absolute atomic E-state index is 12.9. The van der Waals surface area contributed by atoms with Crippen molar-refractivity contribution in [3.8, 4) is 0 Å². The Morgan fingerprint density at radius 1 is 0.554 bits per heavy atom. The van der Waals surface area contributed by atoms with Crippen LogP contribution in [0.1, 0.15) is 162 Å². The molecule has 0 spiro atoms. The molecule has 65 heavy (non-hydrogen) atoms. The van der Waals surface area contributed by atoms with Crippen molar-refractivity contribution in [2.75, 3.05) is 40.9 Å². The average Bonchev–Trinajstić information content (AvgIpc) is 3.26. The molecule has 0 bridgehead atoms. The summed E-state index contributed by atoms with van der Waals surface area (Å²) in [7, 11) is 1.20. The summed E-state index contributed by atoms with van der Waals surface area (Å²) in [5.41, 5.74) is 0. The van der Waals surface area contributed by atoms with Crippen molar-refractivity contribution in [1.82, 2.24) is 5.32 Å². The third-order valence-electron chi connectivity index (χ3n) is 10.1. The molecule has 0 aromatic carbocycles. The Kier molecular flexibility index (Phi) is 43.4. The van der Waals surface area contributed by atoms with Crippen molar-refractivity contribution in [3.05, 3.63) is 134 Å². The number of aliphatic hydroxyl groups excluding tert-OH is 1. The molecule has 0 aliphatic carbocycles. The van der Waals surface area contributed by atoms with Crippen LogP contribution in [-0.4, -0.2) is 68.5 Å². The lowest BCUT2D eigenvalue weighted by molar-refractivity contribution is -0.870. The van der Waals surface area contributed by atoms with Gasteiger partial charge in [-0.2, -0.15) is 0 Å². The summed E-state index contributed by atoms with van der Waals surface area (Å²) in [5, 5.41) is 13.7. The zero-order valence-corrected chi connectivity index (χ0v) is 42.5. The average molecular weight is 921 g/mol. The molecule has 0 heterocycles. The summed E-state index contributed by atoms with van der Waals surface area (Å²) < 4.78 is 23.1. The number of allylic oxidation sites excluding steroid dienone is 21. The van der Waals surface area contributed by atoms with Crippen LogP contribution >= 0.6 is 7.82 Å². The van der Waals surface area contributed by atoms with Gasteiger partial charge in [-0.15, -0.1) is 0 Å². The Labute approximate surface area is 398 Å². The molecule has 8 nitrogen and oxygen atoms in total. The molecular formula is C56H93N2O6P. The minimum Gasteiger partial charge on any atom is -0.756 e. The molecule has 0 radical (unpaired) electrons. The molecule has 2 N–H and O–H groups in total. The van der Waals surface area contributed by atoms with Crippen LogP contribution in [0.3, 0.4) is 0 Å². The number of nitrogens with one attached hydrogen (secondary N) is 1. The molecule has 0 fully saturated rings. The van der Waals surface area contributed by atoms with Gasteiger partial charge in [0.15, 0.2) is 0 Å². The number of aliphatic hydroxyl groups is 1. The molecule has 3 atom stereocenters. The molecule has 0 aromatic rings. The van der Waals surface area contributed by atoms with Crippen molar-refractivity contribution >= 4 is 13.7 Å². The van der Waals surface area contributed by atoms with Crippen LogP contribution in [0.15, 0.2) is 134 Å². The Bertz CT molecular complexity index is 1510. The molecule has 1 amide bonds. The fraction of sp³-hybridized carbons (Fsp3) is 0.589. The van der Waals surface area contributed by atoms with Gasteiger partial charge in [-0.1, -0.05) is 186 Å². The first-order chi connectivity index (χ1) is 31.5. The molecule has 0 aliphatic heterocycles. The Morgan fingerprint density at radius 2 is 0.954 bits per heavy atom. The molecule has 0 saturated heterocycles. The summed E-state index contributed by atoms with van der Waals surface area (Å²) in [6.45, 7) is 4.42. The van der Waals surface area contributed by atoms with Gasteiger partial charge in [0, 0.05) is 6.42 Å². The van der Waals surface area contributed by atoms with Gasteiger partial charge in [-0.25, -0.2) is 0 Å². The van der Waals surface area contributed by atoms with Crippen LogP contribution in [0.25, 0.3) is 0 Å². The topological polar surface area (TPSA) is 108 Å². The summed E-state index contributed by atoms with van der Waals surface area (Å²) in [6.07, 6.45) is 69.5. The van der Waals surface area contributed by atoms with E-state index < -0.39 is 26.6 Å². The van der Waals surface area contributed by atoms with Crippen LogP contribution in [0.5, 0.6) is 0 Å². The monoisotopic (exact) mass is 921 g/mol. The van der Waals surface area contributed by atoms with Gasteiger partial charge in [0.05, 0.1) is 39.9 Å². The molecule has 368 valence electrons. The van der Waals surface area contributed by atoms with Gasteiger partial charge in [0.25, 0.3) is 7.82 Å². The highest BCUT2D eigenvalue weighted by molar-refractivity contribution is 7.45. The lowest BCUT2D eigenvalue weighted by Gasteiger charge is -2.29. The standard InChI is InChI=1S/C56H93N2O6P/c1-6-8-10-12-14-16-18-19-20-21-22-23-24-25-26-27-28-29-30-31-32-33-34-35-36-37-38-39-40-42-44-46-48-50-56(60)57-54(53-64-65(61,62)63-52-51-58(3,4)5)55(59)49-47-45-43-41-17-15-13-11-9-7-2/h8,10,14,16-17,19-20,22-23,25-26,28-29,31-32,34-35,37-38,41,47,49,54-55,59H,6-7,9,11-13,15,18,21,24,27,30,33,36,39-40,42-46,48,50-53H2,1-5H3,(H-,57,60,61,62)/b10-8-,16-14-,20-19-,23-22-,26-25-,29-28-,32-31-,35-34-,38-37-,41-17+,49-47+. The highest BCUT2D eigenvalue weighted by Crippen LogP contribution is 2.38. The van der Waals surface area contributed by atoms with Crippen molar-refractivity contribution < 1.29 is 32.9 Å². The predicted octanol–water partition coefficient (Wildman–Crippen LogP) is 14.2. The number of hydrogen-bond acceptors (Lipinski definition) is 6. The number of phosphoric acid groups is 1. The van der Waals surface area contributed by atoms with Crippen LogP contribution < -0.4 is 10.2 Å². The van der Waals surface area contributed by atoms with E-state index in [1.165, 1.54) is 25.7 Å². The third kappa shape index (κ3) is 48.4. The predicted molar refractivity (Wildman–Crippen MR) is 278 cm³/mol. The van der Waals surface area contributed by atoms with E-state index in [-0.39, 0.29) is 12.5 Å². The number of likely N-dealkylation sites (N-methyl/N-ethyl adjacent to an activating group) is 1. The van der Waals surface area contributed by atoms with E-state index in [1.807, 2.05) is 27.2 Å². The highest BCUT2D eigenvalue weighted by Gasteiger charge is 2.23. The number of carbonyl (C=O) groups excluding carboxylic acids is 1.